The molecule has 0 unspecified atom stereocenters. The van der Waals surface area contributed by atoms with Gasteiger partial charge in [0.05, 0.1) is 11.0 Å². The first kappa shape index (κ1) is 11.9. The number of hydrogen-bond donors (Lipinski definition) is 1. The summed E-state index contributed by atoms with van der Waals surface area (Å²) >= 11 is 5.25. The molecule has 2 nitrogen and oxygen atoms in total. The summed E-state index contributed by atoms with van der Waals surface area (Å²) in [7, 11) is 0. The minimum atomic E-state index is -0.266. The summed E-state index contributed by atoms with van der Waals surface area (Å²) in [5.41, 5.74) is 0.847. The third kappa shape index (κ3) is 2.98. The van der Waals surface area contributed by atoms with Crippen LogP contribution in [0.3, 0.4) is 0 Å². The fourth-order valence-electron chi connectivity index (χ4n) is 1.24. The van der Waals surface area contributed by atoms with E-state index >= 15 is 0 Å². The molecule has 1 aromatic carbocycles. The highest BCUT2D eigenvalue weighted by Crippen LogP contribution is 2.20. The number of furan rings is 1. The number of hydrogen-bond acceptors (Lipinski definition) is 2. The summed E-state index contributed by atoms with van der Waals surface area (Å²) in [5.74, 6) is 0.586. The van der Waals surface area contributed by atoms with Gasteiger partial charge < -0.3 is 9.73 Å². The maximum atomic E-state index is 13.0. The Morgan fingerprint density at radius 2 is 2.12 bits per heavy atom. The molecule has 16 heavy (non-hydrogen) atoms. The van der Waals surface area contributed by atoms with Crippen LogP contribution >= 0.6 is 38.5 Å². The second-order valence-electron chi connectivity index (χ2n) is 3.19. The number of anilines is 1. The minimum Gasteiger partial charge on any atom is -0.454 e. The highest BCUT2D eigenvalue weighted by atomic mass is 127. The zero-order valence-corrected chi connectivity index (χ0v) is 11.9. The third-order valence-electron chi connectivity index (χ3n) is 2.02. The van der Waals surface area contributed by atoms with Crippen molar-refractivity contribution < 1.29 is 8.81 Å². The highest BCUT2D eigenvalue weighted by molar-refractivity contribution is 14.1. The van der Waals surface area contributed by atoms with Gasteiger partial charge in [0.2, 0.25) is 0 Å². The van der Waals surface area contributed by atoms with Crippen LogP contribution in [0.1, 0.15) is 5.76 Å². The number of halogens is 3. The van der Waals surface area contributed by atoms with E-state index in [1.165, 1.54) is 6.07 Å². The van der Waals surface area contributed by atoms with Gasteiger partial charge in [-0.3, -0.25) is 0 Å². The van der Waals surface area contributed by atoms with Gasteiger partial charge in [-0.05, 0) is 68.9 Å². The van der Waals surface area contributed by atoms with Crippen molar-refractivity contribution in [3.05, 3.63) is 50.1 Å². The standard InChI is InChI=1S/C11H8BrFINO/c12-9-5-7(1-3-10(9)13)15-6-8-2-4-11(14)16-8/h1-5,15H,6H2. The van der Waals surface area contributed by atoms with Gasteiger partial charge >= 0.3 is 0 Å². The lowest BCUT2D eigenvalue weighted by Crippen LogP contribution is -1.98. The normalized spacial score (nSPS) is 10.4. The lowest BCUT2D eigenvalue weighted by Gasteiger charge is -2.05. The first-order chi connectivity index (χ1) is 7.65. The Morgan fingerprint density at radius 3 is 2.75 bits per heavy atom. The van der Waals surface area contributed by atoms with Gasteiger partial charge in [0.25, 0.3) is 0 Å². The largest absolute Gasteiger partial charge is 0.454 e. The van der Waals surface area contributed by atoms with Crippen LogP contribution in [-0.4, -0.2) is 0 Å². The third-order valence-corrected chi connectivity index (χ3v) is 3.20. The predicted octanol–water partition coefficient (Wildman–Crippen LogP) is 4.40. The summed E-state index contributed by atoms with van der Waals surface area (Å²) < 4.78 is 19.7. The van der Waals surface area contributed by atoms with E-state index in [2.05, 4.69) is 43.8 Å². The summed E-state index contributed by atoms with van der Waals surface area (Å²) in [4.78, 5) is 0. The molecule has 0 spiro atoms. The second-order valence-corrected chi connectivity index (χ2v) is 5.11. The monoisotopic (exact) mass is 395 g/mol. The molecule has 2 aromatic rings. The average molecular weight is 396 g/mol. The zero-order valence-electron chi connectivity index (χ0n) is 8.14. The average Bonchev–Trinajstić information content (AvgIpc) is 2.66. The van der Waals surface area contributed by atoms with Crippen LogP contribution in [0.15, 0.2) is 39.2 Å². The Hall–Kier alpha value is -0.560. The molecule has 84 valence electrons. The molecule has 1 N–H and O–H groups in total. The molecular weight excluding hydrogens is 388 g/mol. The fraction of sp³-hybridized carbons (Fsp3) is 0.0909. The lowest BCUT2D eigenvalue weighted by atomic mass is 10.3. The first-order valence-corrected chi connectivity index (χ1v) is 6.45. The van der Waals surface area contributed by atoms with Crippen molar-refractivity contribution in [1.29, 1.82) is 0 Å². The minimum absolute atomic E-state index is 0.266. The molecule has 1 aromatic heterocycles. The van der Waals surface area contributed by atoms with E-state index in [0.717, 1.165) is 15.2 Å². The molecule has 0 bridgehead atoms. The fourth-order valence-corrected chi connectivity index (χ4v) is 2.08. The molecule has 0 aliphatic rings. The van der Waals surface area contributed by atoms with Crippen molar-refractivity contribution in [2.75, 3.05) is 5.32 Å². The van der Waals surface area contributed by atoms with Crippen molar-refractivity contribution in [3.63, 3.8) is 0 Å². The van der Waals surface area contributed by atoms with Gasteiger partial charge in [-0.2, -0.15) is 0 Å². The molecule has 1 heterocycles. The maximum Gasteiger partial charge on any atom is 0.164 e. The molecule has 2 rings (SSSR count). The zero-order chi connectivity index (χ0) is 11.5. The van der Waals surface area contributed by atoms with Crippen LogP contribution in [0.2, 0.25) is 0 Å². The molecular formula is C11H8BrFINO. The smallest absolute Gasteiger partial charge is 0.164 e. The topological polar surface area (TPSA) is 25.2 Å². The van der Waals surface area contributed by atoms with Crippen molar-refractivity contribution in [1.82, 2.24) is 0 Å². The number of benzene rings is 1. The lowest BCUT2D eigenvalue weighted by molar-refractivity contribution is 0.493. The van der Waals surface area contributed by atoms with Gasteiger partial charge in [-0.25, -0.2) is 4.39 Å². The van der Waals surface area contributed by atoms with E-state index in [0.29, 0.717) is 11.0 Å². The molecule has 5 heteroatoms. The summed E-state index contributed by atoms with van der Waals surface area (Å²) in [6, 6.07) is 8.61. The Bertz CT molecular complexity index is 500. The van der Waals surface area contributed by atoms with Crippen molar-refractivity contribution in [3.8, 4) is 0 Å². The quantitative estimate of drug-likeness (QED) is 0.779. The SMILES string of the molecule is Fc1ccc(NCc2ccc(I)o2)cc1Br. The van der Waals surface area contributed by atoms with Gasteiger partial charge in [-0.15, -0.1) is 0 Å². The second kappa shape index (κ2) is 5.18. The van der Waals surface area contributed by atoms with E-state index in [1.807, 2.05) is 12.1 Å². The van der Waals surface area contributed by atoms with Crippen LogP contribution in [0.4, 0.5) is 10.1 Å². The number of rotatable bonds is 3. The van der Waals surface area contributed by atoms with Gasteiger partial charge in [0.1, 0.15) is 11.6 Å². The Balaban J connectivity index is 2.02. The summed E-state index contributed by atoms with van der Waals surface area (Å²) in [6.07, 6.45) is 0. The Kier molecular flexibility index (Phi) is 3.86. The van der Waals surface area contributed by atoms with E-state index in [9.17, 15) is 4.39 Å². The summed E-state index contributed by atoms with van der Waals surface area (Å²) in [5, 5.41) is 3.15. The molecule has 0 aliphatic carbocycles. The molecule has 0 aliphatic heterocycles. The predicted molar refractivity (Wildman–Crippen MR) is 72.9 cm³/mol. The van der Waals surface area contributed by atoms with E-state index < -0.39 is 0 Å². The van der Waals surface area contributed by atoms with Crippen molar-refractivity contribution in [2.45, 2.75) is 6.54 Å². The molecule has 0 saturated carbocycles. The van der Waals surface area contributed by atoms with Crippen LogP contribution in [0.25, 0.3) is 0 Å². The molecule has 0 saturated heterocycles. The van der Waals surface area contributed by atoms with Crippen LogP contribution in [-0.2, 0) is 6.54 Å². The number of nitrogens with one attached hydrogen (secondary N) is 1. The Labute approximate surface area is 114 Å². The highest BCUT2D eigenvalue weighted by Gasteiger charge is 2.02. The maximum absolute atomic E-state index is 13.0. The van der Waals surface area contributed by atoms with Crippen LogP contribution in [0.5, 0.6) is 0 Å². The van der Waals surface area contributed by atoms with Crippen molar-refractivity contribution in [2.24, 2.45) is 0 Å². The Morgan fingerprint density at radius 1 is 1.31 bits per heavy atom. The van der Waals surface area contributed by atoms with Crippen LogP contribution < -0.4 is 5.32 Å². The molecule has 0 atom stereocenters. The van der Waals surface area contributed by atoms with E-state index in [4.69, 9.17) is 4.42 Å². The van der Waals surface area contributed by atoms with Gasteiger partial charge in [0, 0.05) is 5.69 Å². The summed E-state index contributed by atoms with van der Waals surface area (Å²) in [6.45, 7) is 0.584. The van der Waals surface area contributed by atoms with Crippen LogP contribution in [0, 0.1) is 9.58 Å². The van der Waals surface area contributed by atoms with E-state index in [-0.39, 0.29) is 5.82 Å². The molecule has 0 fully saturated rings. The molecule has 0 amide bonds. The van der Waals surface area contributed by atoms with E-state index in [1.54, 1.807) is 12.1 Å². The molecule has 0 radical (unpaired) electrons. The van der Waals surface area contributed by atoms with Gasteiger partial charge in [-0.1, -0.05) is 0 Å². The van der Waals surface area contributed by atoms with Crippen molar-refractivity contribution >= 4 is 44.2 Å². The first-order valence-electron chi connectivity index (χ1n) is 4.58. The van der Waals surface area contributed by atoms with Gasteiger partial charge in [0.15, 0.2) is 3.77 Å².